The van der Waals surface area contributed by atoms with Crippen molar-refractivity contribution in [3.05, 3.63) is 28.8 Å². The second-order valence-corrected chi connectivity index (χ2v) is 11.6. The highest BCUT2D eigenvalue weighted by atomic mass is 35.5. The van der Waals surface area contributed by atoms with Gasteiger partial charge in [0.1, 0.15) is 17.8 Å². The minimum absolute atomic E-state index is 0.0948. The number of fused-ring (bicyclic) bond motifs is 2. The third-order valence-corrected chi connectivity index (χ3v) is 8.51. The highest BCUT2D eigenvalue weighted by Crippen LogP contribution is 2.46. The number of hydrogen-bond donors (Lipinski definition) is 3. The van der Waals surface area contributed by atoms with Crippen LogP contribution in [0.4, 0.5) is 0 Å². The number of carbonyl (C=O) groups is 3. The normalized spacial score (nSPS) is 28.7. The van der Waals surface area contributed by atoms with Gasteiger partial charge in [0.15, 0.2) is 0 Å². The molecule has 2 fully saturated rings. The lowest BCUT2D eigenvalue weighted by atomic mass is 9.83. The number of likely N-dealkylation sites (N-methyl/N-ethyl adjacent to an activating group) is 1. The summed E-state index contributed by atoms with van der Waals surface area (Å²) in [6, 6.07) is 3.54. The van der Waals surface area contributed by atoms with Crippen LogP contribution in [0.1, 0.15) is 51.6 Å². The van der Waals surface area contributed by atoms with Crippen LogP contribution in [-0.4, -0.2) is 65.5 Å². The summed E-state index contributed by atoms with van der Waals surface area (Å²) in [5, 5.41) is 9.47. The summed E-state index contributed by atoms with van der Waals surface area (Å²) < 4.78 is 5.73. The number of amides is 3. The van der Waals surface area contributed by atoms with E-state index in [4.69, 9.17) is 16.3 Å². The highest BCUT2D eigenvalue weighted by molar-refractivity contribution is 7.99. The fourth-order valence-corrected chi connectivity index (χ4v) is 6.78. The topological polar surface area (TPSA) is 99.8 Å². The SMILES string of the molecule is CN[C@@H](C)C(=O)N[C@H]1CCS[C@H]2CC(C)(C)[C@@H](C(=O)N[C@@H]3CCOc4cc(Cl)ccc43)N2C1=O. The number of carbonyl (C=O) groups excluding carboxylic acids is 3. The van der Waals surface area contributed by atoms with Crippen molar-refractivity contribution in [1.29, 1.82) is 0 Å². The second-order valence-electron chi connectivity index (χ2n) is 9.91. The standard InChI is InChI=1S/C24H33ClN4O4S/c1-13(26-4)21(30)28-17-8-10-34-19-12-24(2,3)20(29(19)23(17)32)22(31)27-16-7-9-33-18-11-14(25)5-6-15(16)18/h5-6,11,13,16-17,19-20,26H,7-10,12H2,1-4H3,(H,27,31)(H,28,30)/t13-,16+,17-,19-,20+/m0/s1. The lowest BCUT2D eigenvalue weighted by molar-refractivity contribution is -0.144. The van der Waals surface area contributed by atoms with Gasteiger partial charge in [0.05, 0.1) is 24.1 Å². The van der Waals surface area contributed by atoms with Crippen LogP contribution < -0.4 is 20.7 Å². The number of halogens is 1. The predicted octanol–water partition coefficient (Wildman–Crippen LogP) is 2.46. The lowest BCUT2D eigenvalue weighted by Gasteiger charge is -2.36. The molecule has 0 spiro atoms. The molecule has 186 valence electrons. The molecular weight excluding hydrogens is 476 g/mol. The summed E-state index contributed by atoms with van der Waals surface area (Å²) in [5.74, 6) is 0.836. The molecule has 0 unspecified atom stereocenters. The van der Waals surface area contributed by atoms with Crippen LogP contribution in [0.3, 0.4) is 0 Å². The van der Waals surface area contributed by atoms with Gasteiger partial charge in [0.25, 0.3) is 0 Å². The quantitative estimate of drug-likeness (QED) is 0.565. The Morgan fingerprint density at radius 2 is 2.00 bits per heavy atom. The van der Waals surface area contributed by atoms with Crippen LogP contribution in [0.5, 0.6) is 5.75 Å². The summed E-state index contributed by atoms with van der Waals surface area (Å²) in [5.41, 5.74) is 0.481. The maximum Gasteiger partial charge on any atom is 0.246 e. The first-order valence-corrected chi connectivity index (χ1v) is 13.2. The number of rotatable bonds is 5. The van der Waals surface area contributed by atoms with Crippen molar-refractivity contribution < 1.29 is 19.1 Å². The van der Waals surface area contributed by atoms with Crippen LogP contribution in [0.25, 0.3) is 0 Å². The molecule has 10 heteroatoms. The van der Waals surface area contributed by atoms with E-state index in [1.54, 1.807) is 42.8 Å². The Bertz CT molecular complexity index is 974. The molecule has 0 bridgehead atoms. The predicted molar refractivity (Wildman–Crippen MR) is 133 cm³/mol. The monoisotopic (exact) mass is 508 g/mol. The number of benzene rings is 1. The fraction of sp³-hybridized carbons (Fsp3) is 0.625. The van der Waals surface area contributed by atoms with E-state index in [1.807, 2.05) is 19.9 Å². The Morgan fingerprint density at radius 1 is 1.24 bits per heavy atom. The molecular formula is C24H33ClN4O4S. The maximum absolute atomic E-state index is 13.7. The molecule has 34 heavy (non-hydrogen) atoms. The summed E-state index contributed by atoms with van der Waals surface area (Å²) >= 11 is 7.80. The van der Waals surface area contributed by atoms with Gasteiger partial charge in [0, 0.05) is 17.0 Å². The van der Waals surface area contributed by atoms with E-state index in [-0.39, 0.29) is 29.1 Å². The van der Waals surface area contributed by atoms with Gasteiger partial charge in [-0.25, -0.2) is 0 Å². The smallest absolute Gasteiger partial charge is 0.246 e. The first-order chi connectivity index (χ1) is 16.1. The van der Waals surface area contributed by atoms with Crippen LogP contribution in [-0.2, 0) is 14.4 Å². The molecule has 1 aromatic carbocycles. The maximum atomic E-state index is 13.7. The van der Waals surface area contributed by atoms with E-state index < -0.39 is 23.5 Å². The van der Waals surface area contributed by atoms with Crippen LogP contribution in [0.2, 0.25) is 5.02 Å². The fourth-order valence-electron chi connectivity index (χ4n) is 5.04. The number of ether oxygens (including phenoxy) is 1. The van der Waals surface area contributed by atoms with Gasteiger partial charge >= 0.3 is 0 Å². The minimum Gasteiger partial charge on any atom is -0.493 e. The van der Waals surface area contributed by atoms with Crippen molar-refractivity contribution in [2.75, 3.05) is 19.4 Å². The first kappa shape index (κ1) is 25.1. The summed E-state index contributed by atoms with van der Waals surface area (Å²) in [7, 11) is 1.71. The van der Waals surface area contributed by atoms with E-state index in [2.05, 4.69) is 16.0 Å². The van der Waals surface area contributed by atoms with Crippen molar-refractivity contribution in [3.8, 4) is 5.75 Å². The van der Waals surface area contributed by atoms with Crippen molar-refractivity contribution in [2.45, 2.75) is 69.6 Å². The van der Waals surface area contributed by atoms with Crippen molar-refractivity contribution in [3.63, 3.8) is 0 Å². The largest absolute Gasteiger partial charge is 0.493 e. The number of thioether (sulfide) groups is 1. The van der Waals surface area contributed by atoms with Gasteiger partial charge in [-0.3, -0.25) is 14.4 Å². The Labute approximate surface area is 209 Å². The molecule has 3 aliphatic rings. The Balaban J connectivity index is 1.56. The van der Waals surface area contributed by atoms with E-state index in [1.165, 1.54) is 0 Å². The van der Waals surface area contributed by atoms with E-state index in [9.17, 15) is 14.4 Å². The van der Waals surface area contributed by atoms with Gasteiger partial charge in [-0.2, -0.15) is 0 Å². The Morgan fingerprint density at radius 3 is 2.74 bits per heavy atom. The molecule has 0 radical (unpaired) electrons. The molecule has 8 nitrogen and oxygen atoms in total. The highest BCUT2D eigenvalue weighted by Gasteiger charge is 2.54. The molecule has 3 amide bonds. The minimum atomic E-state index is -0.643. The number of nitrogens with zero attached hydrogens (tertiary/aromatic N) is 1. The van der Waals surface area contributed by atoms with E-state index >= 15 is 0 Å². The molecule has 0 aliphatic carbocycles. The molecule has 1 aromatic rings. The zero-order chi connectivity index (χ0) is 24.6. The van der Waals surface area contributed by atoms with Crippen LogP contribution in [0, 0.1) is 5.41 Å². The lowest BCUT2D eigenvalue weighted by Crippen LogP contribution is -2.58. The first-order valence-electron chi connectivity index (χ1n) is 11.8. The number of nitrogens with one attached hydrogen (secondary N) is 3. The van der Waals surface area contributed by atoms with Gasteiger partial charge in [-0.05, 0) is 50.1 Å². The summed E-state index contributed by atoms with van der Waals surface area (Å²) in [6.07, 6.45) is 1.90. The molecule has 2 saturated heterocycles. The average Bonchev–Trinajstić information content (AvgIpc) is 2.98. The zero-order valence-corrected chi connectivity index (χ0v) is 21.6. The van der Waals surface area contributed by atoms with Crippen LogP contribution >= 0.6 is 23.4 Å². The van der Waals surface area contributed by atoms with Gasteiger partial charge < -0.3 is 25.6 Å². The van der Waals surface area contributed by atoms with Crippen LogP contribution in [0.15, 0.2) is 18.2 Å². The van der Waals surface area contributed by atoms with Gasteiger partial charge in [0.2, 0.25) is 17.7 Å². The molecule has 0 saturated carbocycles. The molecule has 3 N–H and O–H groups in total. The molecule has 3 aliphatic heterocycles. The van der Waals surface area contributed by atoms with E-state index in [0.29, 0.717) is 30.2 Å². The summed E-state index contributed by atoms with van der Waals surface area (Å²) in [4.78, 5) is 41.6. The third-order valence-electron chi connectivity index (χ3n) is 7.02. The zero-order valence-electron chi connectivity index (χ0n) is 20.0. The van der Waals surface area contributed by atoms with Gasteiger partial charge in [-0.1, -0.05) is 31.5 Å². The van der Waals surface area contributed by atoms with Crippen molar-refractivity contribution in [2.24, 2.45) is 5.41 Å². The molecule has 5 atom stereocenters. The van der Waals surface area contributed by atoms with Gasteiger partial charge in [-0.15, -0.1) is 11.8 Å². The van der Waals surface area contributed by atoms with E-state index in [0.717, 1.165) is 17.7 Å². The Kier molecular flexibility index (Phi) is 7.36. The third kappa shape index (κ3) is 4.88. The van der Waals surface area contributed by atoms with Crippen molar-refractivity contribution >= 4 is 41.1 Å². The Hall–Kier alpha value is -1.97. The van der Waals surface area contributed by atoms with Crippen molar-refractivity contribution in [1.82, 2.24) is 20.9 Å². The second kappa shape index (κ2) is 9.95. The summed E-state index contributed by atoms with van der Waals surface area (Å²) in [6.45, 7) is 6.30. The molecule has 3 heterocycles. The number of hydrogen-bond acceptors (Lipinski definition) is 6. The molecule has 0 aromatic heterocycles. The molecule has 4 rings (SSSR count). The average molecular weight is 509 g/mol.